The molecule has 37 heavy (non-hydrogen) atoms. The highest BCUT2D eigenvalue weighted by Gasteiger charge is 2.41. The number of carbonyl (C=O) groups excluding carboxylic acids is 2. The molecule has 1 heterocycles. The standard InChI is InChI=1S/C26H34ClFN4O4S/c1-4-5-14-23(27)19(3)25(26(34)30-21-11-7-6-8-12-21)32(22-13-9-10-20(28)15-22)24(33)16-29-37(35,36)31-17-18(31)2/h4-5,9-10,13-15,18,21,25,29H,3,6-8,11-12,16-17H2,1-2H3,(H,30,34)/b5-4-,23-14+/t18-,25-,31?/m0/s1. The summed E-state index contributed by atoms with van der Waals surface area (Å²) in [5, 5.41) is 3.13. The van der Waals surface area contributed by atoms with Crippen molar-refractivity contribution in [2.75, 3.05) is 18.0 Å². The lowest BCUT2D eigenvalue weighted by Crippen LogP contribution is -2.55. The van der Waals surface area contributed by atoms with E-state index in [1.165, 1.54) is 22.5 Å². The van der Waals surface area contributed by atoms with Gasteiger partial charge in [-0.15, -0.1) is 0 Å². The third-order valence-corrected chi connectivity index (χ3v) is 8.41. The molecule has 1 aromatic rings. The maximum absolute atomic E-state index is 14.3. The third kappa shape index (κ3) is 7.73. The Bertz CT molecular complexity index is 1180. The maximum atomic E-state index is 14.3. The molecule has 1 aromatic carbocycles. The zero-order valence-corrected chi connectivity index (χ0v) is 22.7. The van der Waals surface area contributed by atoms with Crippen LogP contribution in [0.2, 0.25) is 0 Å². The lowest BCUT2D eigenvalue weighted by Gasteiger charge is -2.34. The van der Waals surface area contributed by atoms with Gasteiger partial charge in [-0.2, -0.15) is 17.4 Å². The first-order valence-corrected chi connectivity index (χ1v) is 14.2. The Kier molecular flexibility index (Phi) is 10.1. The van der Waals surface area contributed by atoms with Gasteiger partial charge in [-0.3, -0.25) is 14.5 Å². The second kappa shape index (κ2) is 12.8. The van der Waals surface area contributed by atoms with Gasteiger partial charge < -0.3 is 5.32 Å². The number of carbonyl (C=O) groups is 2. The second-order valence-electron chi connectivity index (χ2n) is 9.30. The van der Waals surface area contributed by atoms with Crippen molar-refractivity contribution in [3.05, 3.63) is 65.5 Å². The fourth-order valence-electron chi connectivity index (χ4n) is 4.31. The summed E-state index contributed by atoms with van der Waals surface area (Å²) in [5.41, 5.74) is 0.192. The van der Waals surface area contributed by atoms with Crippen molar-refractivity contribution in [3.8, 4) is 0 Å². The van der Waals surface area contributed by atoms with E-state index < -0.39 is 40.4 Å². The minimum Gasteiger partial charge on any atom is -0.351 e. The third-order valence-electron chi connectivity index (χ3n) is 6.40. The molecule has 8 nitrogen and oxygen atoms in total. The van der Waals surface area contributed by atoms with Crippen LogP contribution < -0.4 is 14.9 Å². The van der Waals surface area contributed by atoms with E-state index in [-0.39, 0.29) is 28.4 Å². The molecule has 0 spiro atoms. The monoisotopic (exact) mass is 552 g/mol. The summed E-state index contributed by atoms with van der Waals surface area (Å²) in [4.78, 5) is 28.3. The number of hydrogen-bond donors (Lipinski definition) is 2. The summed E-state index contributed by atoms with van der Waals surface area (Å²) in [7, 11) is -3.88. The van der Waals surface area contributed by atoms with Crippen LogP contribution in [0.4, 0.5) is 10.1 Å². The molecule has 1 aliphatic heterocycles. The van der Waals surface area contributed by atoms with Gasteiger partial charge in [0.15, 0.2) is 0 Å². The van der Waals surface area contributed by atoms with Crippen molar-refractivity contribution < 1.29 is 22.4 Å². The van der Waals surface area contributed by atoms with Gasteiger partial charge in [-0.1, -0.05) is 55.7 Å². The molecule has 0 radical (unpaired) electrons. The fourth-order valence-corrected chi connectivity index (χ4v) is 5.84. The normalized spacial score (nSPS) is 21.5. The number of amides is 2. The number of nitrogens with one attached hydrogen (secondary N) is 2. The van der Waals surface area contributed by atoms with Crippen LogP contribution in [0.3, 0.4) is 0 Å². The van der Waals surface area contributed by atoms with E-state index in [1.807, 2.05) is 0 Å². The number of nitrogens with zero attached hydrogens (tertiary/aromatic N) is 2. The molecule has 2 N–H and O–H groups in total. The number of rotatable bonds is 11. The summed E-state index contributed by atoms with van der Waals surface area (Å²) in [6.45, 7) is 7.25. The zero-order chi connectivity index (χ0) is 27.2. The Balaban J connectivity index is 1.99. The smallest absolute Gasteiger partial charge is 0.280 e. The van der Waals surface area contributed by atoms with Gasteiger partial charge in [0, 0.05) is 29.3 Å². The number of anilines is 1. The average molecular weight is 553 g/mol. The summed E-state index contributed by atoms with van der Waals surface area (Å²) < 4.78 is 42.7. The van der Waals surface area contributed by atoms with E-state index in [0.717, 1.165) is 43.1 Å². The summed E-state index contributed by atoms with van der Waals surface area (Å²) in [5.74, 6) is -1.91. The summed E-state index contributed by atoms with van der Waals surface area (Å²) >= 11 is 6.47. The van der Waals surface area contributed by atoms with Crippen LogP contribution in [0.15, 0.2) is 59.7 Å². The molecule has 2 amide bonds. The lowest BCUT2D eigenvalue weighted by molar-refractivity contribution is -0.125. The van der Waals surface area contributed by atoms with E-state index in [9.17, 15) is 22.4 Å². The van der Waals surface area contributed by atoms with Crippen LogP contribution in [-0.2, 0) is 19.8 Å². The quantitative estimate of drug-likeness (QED) is 0.322. The largest absolute Gasteiger partial charge is 0.351 e. The second-order valence-corrected chi connectivity index (χ2v) is 11.4. The lowest BCUT2D eigenvalue weighted by atomic mass is 9.94. The number of hydrogen-bond acceptors (Lipinski definition) is 4. The Morgan fingerprint density at radius 2 is 1.97 bits per heavy atom. The number of allylic oxidation sites excluding steroid dienone is 3. The molecular formula is C26H34ClFN4O4S. The molecule has 2 fully saturated rings. The van der Waals surface area contributed by atoms with Crippen molar-refractivity contribution >= 4 is 39.3 Å². The molecule has 1 saturated carbocycles. The Hall–Kier alpha value is -2.53. The number of halogens is 2. The van der Waals surface area contributed by atoms with Crippen molar-refractivity contribution in [2.24, 2.45) is 0 Å². The summed E-state index contributed by atoms with van der Waals surface area (Å²) in [6, 6.07) is 3.62. The van der Waals surface area contributed by atoms with E-state index in [2.05, 4.69) is 16.6 Å². The van der Waals surface area contributed by atoms with Crippen molar-refractivity contribution in [2.45, 2.75) is 64.1 Å². The fraction of sp³-hybridized carbons (Fsp3) is 0.462. The Labute approximate surface area is 223 Å². The number of benzene rings is 1. The van der Waals surface area contributed by atoms with Crippen molar-refractivity contribution in [1.82, 2.24) is 14.3 Å². The van der Waals surface area contributed by atoms with Gasteiger partial charge in [0.1, 0.15) is 11.9 Å². The molecule has 2 aliphatic rings. The van der Waals surface area contributed by atoms with Gasteiger partial charge >= 0.3 is 0 Å². The molecular weight excluding hydrogens is 519 g/mol. The molecule has 1 saturated heterocycles. The Morgan fingerprint density at radius 3 is 2.57 bits per heavy atom. The van der Waals surface area contributed by atoms with E-state index >= 15 is 0 Å². The van der Waals surface area contributed by atoms with Crippen LogP contribution in [0.25, 0.3) is 0 Å². The van der Waals surface area contributed by atoms with Crippen LogP contribution in [0, 0.1) is 5.82 Å². The first-order chi connectivity index (χ1) is 17.5. The topological polar surface area (TPSA) is 98.6 Å². The van der Waals surface area contributed by atoms with Crippen LogP contribution in [0.5, 0.6) is 0 Å². The van der Waals surface area contributed by atoms with Gasteiger partial charge in [0.05, 0.1) is 6.54 Å². The molecule has 0 aromatic heterocycles. The van der Waals surface area contributed by atoms with Crippen molar-refractivity contribution in [1.29, 1.82) is 0 Å². The maximum Gasteiger partial charge on any atom is 0.280 e. The SMILES string of the molecule is C=C(/C(Cl)=C\C=C/C)[C@@H](C(=O)NC1CCCCC1)N(C(=O)CNS(=O)(=O)N1C[C@@H]1C)c1cccc(F)c1. The van der Waals surface area contributed by atoms with Crippen LogP contribution in [-0.4, -0.2) is 55.8 Å². The molecule has 1 aliphatic carbocycles. The molecule has 202 valence electrons. The first kappa shape index (κ1) is 29.0. The molecule has 11 heteroatoms. The van der Waals surface area contributed by atoms with Gasteiger partial charge in [0.2, 0.25) is 11.8 Å². The van der Waals surface area contributed by atoms with E-state index in [1.54, 1.807) is 32.1 Å². The Morgan fingerprint density at radius 1 is 1.30 bits per heavy atom. The van der Waals surface area contributed by atoms with Crippen molar-refractivity contribution in [3.63, 3.8) is 0 Å². The van der Waals surface area contributed by atoms with E-state index in [4.69, 9.17) is 11.6 Å². The predicted molar refractivity (Wildman–Crippen MR) is 144 cm³/mol. The van der Waals surface area contributed by atoms with Crippen LogP contribution >= 0.6 is 11.6 Å². The highest BCUT2D eigenvalue weighted by Crippen LogP contribution is 2.28. The molecule has 3 atom stereocenters. The predicted octanol–water partition coefficient (Wildman–Crippen LogP) is 3.77. The molecule has 1 unspecified atom stereocenters. The minimum absolute atomic E-state index is 0.0738. The van der Waals surface area contributed by atoms with E-state index in [0.29, 0.717) is 6.54 Å². The minimum atomic E-state index is -3.88. The highest BCUT2D eigenvalue weighted by molar-refractivity contribution is 7.87. The van der Waals surface area contributed by atoms with Gasteiger partial charge in [-0.25, -0.2) is 4.39 Å². The summed E-state index contributed by atoms with van der Waals surface area (Å²) in [6.07, 6.45) is 9.59. The molecule has 0 bridgehead atoms. The van der Waals surface area contributed by atoms with Crippen LogP contribution in [0.1, 0.15) is 46.0 Å². The average Bonchev–Trinajstić information content (AvgIpc) is 3.62. The first-order valence-electron chi connectivity index (χ1n) is 12.4. The zero-order valence-electron chi connectivity index (χ0n) is 21.1. The highest BCUT2D eigenvalue weighted by atomic mass is 35.5. The molecule has 3 rings (SSSR count). The van der Waals surface area contributed by atoms with Gasteiger partial charge in [-0.05, 0) is 56.5 Å². The van der Waals surface area contributed by atoms with Gasteiger partial charge in [0.25, 0.3) is 10.2 Å².